The van der Waals surface area contributed by atoms with Crippen molar-refractivity contribution in [2.45, 2.75) is 83.0 Å². The molecule has 2 aromatic heterocycles. The number of rotatable bonds is 13. The molecule has 0 spiro atoms. The van der Waals surface area contributed by atoms with Gasteiger partial charge in [0.2, 0.25) is 17.7 Å². The van der Waals surface area contributed by atoms with Gasteiger partial charge in [0.15, 0.2) is 0 Å². The predicted molar refractivity (Wildman–Crippen MR) is 235 cm³/mol. The number of carbonyl (C=O) groups excluding carboxylic acids is 4. The Hall–Kier alpha value is -6.28. The topological polar surface area (TPSA) is 175 Å². The Bertz CT molecular complexity index is 2380. The summed E-state index contributed by atoms with van der Waals surface area (Å²) in [4.78, 5) is 73.3. The number of hydrogen-bond donors (Lipinski definition) is 4. The summed E-state index contributed by atoms with van der Waals surface area (Å²) in [6.07, 6.45) is 13.3. The maximum absolute atomic E-state index is 14.0. The first kappa shape index (κ1) is 42.4. The smallest absolute Gasteiger partial charge is 0.407 e. The van der Waals surface area contributed by atoms with Gasteiger partial charge in [0.1, 0.15) is 23.7 Å². The molecule has 2 fully saturated rings. The zero-order valence-electron chi connectivity index (χ0n) is 36.0. The van der Waals surface area contributed by atoms with E-state index in [1.165, 1.54) is 12.7 Å². The van der Waals surface area contributed by atoms with Crippen molar-refractivity contribution < 1.29 is 28.7 Å². The molecule has 2 aliphatic heterocycles. The molecular formula is C48H56N8O6. The summed E-state index contributed by atoms with van der Waals surface area (Å²) in [5.41, 5.74) is 7.95. The molecule has 0 bridgehead atoms. The molecule has 14 heteroatoms. The number of aromatic nitrogens is 4. The van der Waals surface area contributed by atoms with Crippen LogP contribution in [0.3, 0.4) is 0 Å². The first-order valence-electron chi connectivity index (χ1n) is 21.7. The lowest BCUT2D eigenvalue weighted by Gasteiger charge is -2.30. The highest BCUT2D eigenvalue weighted by atomic mass is 16.5. The van der Waals surface area contributed by atoms with Gasteiger partial charge in [-0.05, 0) is 65.5 Å². The maximum atomic E-state index is 14.0. The van der Waals surface area contributed by atoms with Crippen LogP contribution in [0.5, 0.6) is 0 Å². The Morgan fingerprint density at radius 1 is 0.903 bits per heavy atom. The average Bonchev–Trinajstić information content (AvgIpc) is 4.13. The van der Waals surface area contributed by atoms with Gasteiger partial charge < -0.3 is 39.9 Å². The van der Waals surface area contributed by atoms with Crippen LogP contribution >= 0.6 is 0 Å². The van der Waals surface area contributed by atoms with Crippen molar-refractivity contribution in [3.8, 4) is 11.3 Å². The molecule has 4 amide bonds. The normalized spacial score (nSPS) is 21.5. The Labute approximate surface area is 362 Å². The minimum absolute atomic E-state index is 0.0975. The fraction of sp³-hybridized carbons (Fsp3) is 0.417. The number of fused-ring (bicyclic) bond motifs is 3. The van der Waals surface area contributed by atoms with Crippen molar-refractivity contribution in [3.05, 3.63) is 119 Å². The number of ether oxygens (including phenoxy) is 2. The average molecular weight is 841 g/mol. The first-order valence-corrected chi connectivity index (χ1v) is 21.7. The highest BCUT2D eigenvalue weighted by molar-refractivity contribution is 5.89. The molecular weight excluding hydrogens is 785 g/mol. The molecule has 6 atom stereocenters. The van der Waals surface area contributed by atoms with Gasteiger partial charge in [-0.1, -0.05) is 93.6 Å². The SMILES string of the molecule is CCC(=O)N[C@@H](C(=O)N1CCC[C@H]1c1ncc(-c2ccc(C3=CCC4C(=C3)C=Cc3nc([C@@H]5C[C@H](COC)CN5C(=O)[C@@H](NC(=O)OC)C(C)C)[nH]c34)cc2)[nH]1)c1ccccc1. The molecule has 2 aliphatic carbocycles. The maximum Gasteiger partial charge on any atom is 0.407 e. The summed E-state index contributed by atoms with van der Waals surface area (Å²) >= 11 is 0. The minimum atomic E-state index is -0.759. The van der Waals surface area contributed by atoms with Crippen LogP contribution in [0.4, 0.5) is 4.79 Å². The molecule has 324 valence electrons. The Morgan fingerprint density at radius 2 is 1.68 bits per heavy atom. The van der Waals surface area contributed by atoms with Crippen LogP contribution in [0.15, 0.2) is 84.6 Å². The van der Waals surface area contributed by atoms with Crippen molar-refractivity contribution in [1.82, 2.24) is 40.4 Å². The van der Waals surface area contributed by atoms with E-state index in [2.05, 4.69) is 63.1 Å². The largest absolute Gasteiger partial charge is 0.453 e. The van der Waals surface area contributed by atoms with Crippen molar-refractivity contribution in [1.29, 1.82) is 0 Å². The molecule has 4 heterocycles. The molecule has 0 radical (unpaired) electrons. The van der Waals surface area contributed by atoms with Gasteiger partial charge in [-0.2, -0.15) is 0 Å². The number of benzene rings is 2. The van der Waals surface area contributed by atoms with Gasteiger partial charge in [-0.3, -0.25) is 14.4 Å². The van der Waals surface area contributed by atoms with E-state index < -0.39 is 18.2 Å². The number of methoxy groups -OCH3 is 2. The highest BCUT2D eigenvalue weighted by Gasteiger charge is 2.43. The quantitative estimate of drug-likeness (QED) is 0.110. The molecule has 2 aromatic carbocycles. The van der Waals surface area contributed by atoms with Crippen LogP contribution in [0.25, 0.3) is 22.9 Å². The predicted octanol–water partition coefficient (Wildman–Crippen LogP) is 7.17. The lowest BCUT2D eigenvalue weighted by Crippen LogP contribution is -2.51. The van der Waals surface area contributed by atoms with Gasteiger partial charge >= 0.3 is 6.09 Å². The summed E-state index contributed by atoms with van der Waals surface area (Å²) in [5, 5.41) is 5.68. The van der Waals surface area contributed by atoms with Crippen LogP contribution < -0.4 is 10.6 Å². The van der Waals surface area contributed by atoms with Gasteiger partial charge in [-0.15, -0.1) is 0 Å². The molecule has 4 N–H and O–H groups in total. The molecule has 4 aromatic rings. The Morgan fingerprint density at radius 3 is 2.40 bits per heavy atom. The van der Waals surface area contributed by atoms with E-state index >= 15 is 0 Å². The number of H-pyrrole nitrogens is 2. The number of aromatic amines is 2. The number of amides is 4. The van der Waals surface area contributed by atoms with Gasteiger partial charge in [0, 0.05) is 38.5 Å². The summed E-state index contributed by atoms with van der Waals surface area (Å²) in [7, 11) is 2.97. The van der Waals surface area contributed by atoms with Crippen LogP contribution in [0, 0.1) is 11.8 Å². The van der Waals surface area contributed by atoms with Crippen molar-refractivity contribution in [2.24, 2.45) is 11.8 Å². The van der Waals surface area contributed by atoms with E-state index in [0.717, 1.165) is 70.3 Å². The van der Waals surface area contributed by atoms with Crippen LogP contribution in [-0.4, -0.2) is 93.5 Å². The summed E-state index contributed by atoms with van der Waals surface area (Å²) in [6, 6.07) is 15.8. The standard InChI is InChI=1S/C48H56N8O6/c1-6-40(57)52-42(32-11-8-7-9-12-32)47(59)55-22-10-13-38(55)44-49-25-37(51-44)31-16-14-30(15-17-31)33-18-20-35-34(24-33)19-21-36-43(35)53-45(50-36)39-23-29(27-61-4)26-56(39)46(58)41(28(2)3)54-48(60)62-5/h7-9,11-12,14-19,21,24-25,28-29,35,38-39,41-42H,6,10,13,20,22-23,26-27H2,1-5H3,(H,49,51)(H,50,53)(H,52,57)(H,54,60)/t29-,35?,38-,39-,41-,42+/m0/s1. The number of alkyl carbamates (subject to hydrolysis) is 1. The fourth-order valence-corrected chi connectivity index (χ4v) is 9.35. The van der Waals surface area contributed by atoms with Crippen molar-refractivity contribution in [2.75, 3.05) is 33.9 Å². The monoisotopic (exact) mass is 840 g/mol. The van der Waals surface area contributed by atoms with Gasteiger partial charge in [0.25, 0.3) is 0 Å². The number of hydrogen-bond acceptors (Lipinski definition) is 8. The second kappa shape index (κ2) is 18.4. The second-order valence-corrected chi connectivity index (χ2v) is 17.0. The molecule has 62 heavy (non-hydrogen) atoms. The molecule has 1 unspecified atom stereocenters. The summed E-state index contributed by atoms with van der Waals surface area (Å²) in [5.74, 6) is 1.09. The zero-order valence-corrected chi connectivity index (χ0v) is 36.0. The van der Waals surface area contributed by atoms with Crippen LogP contribution in [0.1, 0.15) is 111 Å². The number of imidazole rings is 2. The zero-order chi connectivity index (χ0) is 43.5. The van der Waals surface area contributed by atoms with Gasteiger partial charge in [-0.25, -0.2) is 14.8 Å². The lowest BCUT2D eigenvalue weighted by molar-refractivity contribution is -0.137. The highest BCUT2D eigenvalue weighted by Crippen LogP contribution is 2.43. The minimum Gasteiger partial charge on any atom is -0.453 e. The molecule has 8 rings (SSSR count). The van der Waals surface area contributed by atoms with E-state index in [1.54, 1.807) is 14.0 Å². The third kappa shape index (κ3) is 8.61. The van der Waals surface area contributed by atoms with Gasteiger partial charge in [0.05, 0.1) is 49.1 Å². The fourth-order valence-electron chi connectivity index (χ4n) is 9.35. The van der Waals surface area contributed by atoms with Crippen LogP contribution in [-0.2, 0) is 23.9 Å². The number of likely N-dealkylation sites (tertiary alicyclic amines) is 2. The van der Waals surface area contributed by atoms with E-state index in [4.69, 9.17) is 19.4 Å². The van der Waals surface area contributed by atoms with Crippen molar-refractivity contribution in [3.63, 3.8) is 0 Å². The summed E-state index contributed by atoms with van der Waals surface area (Å²) in [6.45, 7) is 7.21. The van der Waals surface area contributed by atoms with E-state index in [1.807, 2.05) is 66.3 Å². The molecule has 0 saturated carbocycles. The number of nitrogens with one attached hydrogen (secondary N) is 4. The van der Waals surface area contributed by atoms with Crippen LogP contribution in [0.2, 0.25) is 0 Å². The summed E-state index contributed by atoms with van der Waals surface area (Å²) < 4.78 is 10.3. The number of nitrogens with zero attached hydrogens (tertiary/aromatic N) is 4. The Kier molecular flexibility index (Phi) is 12.6. The van der Waals surface area contributed by atoms with E-state index in [9.17, 15) is 19.2 Å². The third-order valence-electron chi connectivity index (χ3n) is 12.6. The Balaban J connectivity index is 0.953. The van der Waals surface area contributed by atoms with Crippen molar-refractivity contribution >= 4 is 35.5 Å². The van der Waals surface area contributed by atoms with E-state index in [-0.39, 0.29) is 47.6 Å². The first-order chi connectivity index (χ1) is 30.1. The molecule has 14 nitrogen and oxygen atoms in total. The number of allylic oxidation sites excluding steroid dienone is 5. The molecule has 2 saturated heterocycles. The van der Waals surface area contributed by atoms with E-state index in [0.29, 0.717) is 32.5 Å². The second-order valence-electron chi connectivity index (χ2n) is 17.0. The molecule has 4 aliphatic rings. The third-order valence-corrected chi connectivity index (χ3v) is 12.6. The lowest BCUT2D eigenvalue weighted by atomic mass is 9.81. The number of carbonyl (C=O) groups is 4.